The molecule has 11 heteroatoms. The van der Waals surface area contributed by atoms with Crippen molar-refractivity contribution < 1.29 is 21.2 Å². The average Bonchev–Trinajstić information content (AvgIpc) is 2.47. The maximum atomic E-state index is 13.0. The molecule has 3 rings (SSSR count). The molecule has 1 unspecified atom stereocenters. The fourth-order valence-corrected chi connectivity index (χ4v) is 5.00. The first-order valence-electron chi connectivity index (χ1n) is 6.96. The van der Waals surface area contributed by atoms with Crippen molar-refractivity contribution in [2.75, 3.05) is 5.32 Å². The van der Waals surface area contributed by atoms with Crippen LogP contribution in [0, 0.1) is 5.82 Å². The molecule has 7 nitrogen and oxygen atoms in total. The van der Waals surface area contributed by atoms with Gasteiger partial charge in [-0.05, 0) is 29.8 Å². The lowest BCUT2D eigenvalue weighted by molar-refractivity contribution is 0.554. The largest absolute Gasteiger partial charge is 0.367 e. The molecule has 4 N–H and O–H groups in total. The van der Waals surface area contributed by atoms with Crippen LogP contribution in [0.4, 0.5) is 10.1 Å². The number of halogens is 2. The van der Waals surface area contributed by atoms with Gasteiger partial charge in [0.1, 0.15) is 15.6 Å². The Hall–Kier alpha value is -1.72. The highest BCUT2D eigenvalue weighted by Crippen LogP contribution is 2.33. The summed E-state index contributed by atoms with van der Waals surface area (Å²) < 4.78 is 63.2. The van der Waals surface area contributed by atoms with Gasteiger partial charge in [0.15, 0.2) is 0 Å². The predicted molar refractivity (Wildman–Crippen MR) is 90.7 cm³/mol. The monoisotopic (exact) mass is 405 g/mol. The zero-order valence-electron chi connectivity index (χ0n) is 12.5. The standard InChI is InChI=1S/C14H13ClFN3O4S2/c15-10-6-11-13(7-12(10)24(17,20)21)25(22,23)19-14(18-11)5-8-1-3-9(16)4-2-8/h1-4,6-7,14,18-19H,5H2,(H2,17,20,21). The summed E-state index contributed by atoms with van der Waals surface area (Å²) in [4.78, 5) is -0.742. The SMILES string of the molecule is NS(=O)(=O)c1cc2c(cc1Cl)NC(Cc1ccc(F)cc1)NS2(=O)=O. The molecule has 0 aliphatic carbocycles. The molecule has 0 radical (unpaired) electrons. The van der Waals surface area contributed by atoms with Crippen molar-refractivity contribution >= 4 is 37.3 Å². The van der Waals surface area contributed by atoms with Gasteiger partial charge < -0.3 is 5.32 Å². The van der Waals surface area contributed by atoms with Gasteiger partial charge in [0.2, 0.25) is 20.0 Å². The number of fused-ring (bicyclic) bond motifs is 1. The summed E-state index contributed by atoms with van der Waals surface area (Å²) in [7, 11) is -8.16. The van der Waals surface area contributed by atoms with E-state index >= 15 is 0 Å². The maximum absolute atomic E-state index is 13.0. The molecule has 0 fully saturated rings. The lowest BCUT2D eigenvalue weighted by Crippen LogP contribution is -2.46. The van der Waals surface area contributed by atoms with Gasteiger partial charge in [-0.2, -0.15) is 4.72 Å². The molecule has 0 saturated carbocycles. The number of benzene rings is 2. The summed E-state index contributed by atoms with van der Waals surface area (Å²) in [6, 6.07) is 7.74. The molecule has 2 aromatic carbocycles. The third-order valence-electron chi connectivity index (χ3n) is 3.61. The highest BCUT2D eigenvalue weighted by Gasteiger charge is 2.31. The van der Waals surface area contributed by atoms with Gasteiger partial charge in [-0.15, -0.1) is 0 Å². The highest BCUT2D eigenvalue weighted by atomic mass is 35.5. The van der Waals surface area contributed by atoms with Crippen molar-refractivity contribution in [2.24, 2.45) is 5.14 Å². The Bertz CT molecular complexity index is 1040. The molecule has 0 spiro atoms. The predicted octanol–water partition coefficient (Wildman–Crippen LogP) is 1.40. The van der Waals surface area contributed by atoms with Crippen molar-refractivity contribution in [3.05, 3.63) is 52.8 Å². The first-order valence-corrected chi connectivity index (χ1v) is 10.4. The first-order chi connectivity index (χ1) is 11.6. The second-order valence-corrected chi connectivity index (χ2v) is 9.09. The van der Waals surface area contributed by atoms with Gasteiger partial charge in [0.25, 0.3) is 0 Å². The van der Waals surface area contributed by atoms with E-state index in [1.54, 1.807) is 0 Å². The summed E-state index contributed by atoms with van der Waals surface area (Å²) in [5.41, 5.74) is 0.862. The van der Waals surface area contributed by atoms with Gasteiger partial charge in [0, 0.05) is 6.42 Å². The van der Waals surface area contributed by atoms with Crippen LogP contribution in [-0.4, -0.2) is 23.0 Å². The average molecular weight is 406 g/mol. The topological polar surface area (TPSA) is 118 Å². The lowest BCUT2D eigenvalue weighted by Gasteiger charge is -2.28. The van der Waals surface area contributed by atoms with E-state index in [9.17, 15) is 21.2 Å². The lowest BCUT2D eigenvalue weighted by atomic mass is 10.1. The number of nitrogens with two attached hydrogens (primary N) is 1. The number of sulfonamides is 2. The number of hydrogen-bond acceptors (Lipinski definition) is 5. The summed E-state index contributed by atoms with van der Waals surface area (Å²) in [5.74, 6) is -0.395. The van der Waals surface area contributed by atoms with E-state index in [0.29, 0.717) is 5.56 Å². The van der Waals surface area contributed by atoms with E-state index in [4.69, 9.17) is 16.7 Å². The van der Waals surface area contributed by atoms with Crippen LogP contribution in [-0.2, 0) is 26.5 Å². The molecule has 25 heavy (non-hydrogen) atoms. The van der Waals surface area contributed by atoms with Crippen molar-refractivity contribution in [2.45, 2.75) is 22.4 Å². The number of nitrogens with one attached hydrogen (secondary N) is 2. The van der Waals surface area contributed by atoms with Crippen LogP contribution in [0.2, 0.25) is 5.02 Å². The highest BCUT2D eigenvalue weighted by molar-refractivity contribution is 7.90. The van der Waals surface area contributed by atoms with E-state index in [1.807, 2.05) is 0 Å². The molecular formula is C14H13ClFN3O4S2. The van der Waals surface area contributed by atoms with Crippen LogP contribution in [0.15, 0.2) is 46.2 Å². The normalized spacial score (nSPS) is 19.1. The van der Waals surface area contributed by atoms with Crippen LogP contribution in [0.3, 0.4) is 0 Å². The van der Waals surface area contributed by atoms with Crippen LogP contribution >= 0.6 is 11.6 Å². The second-order valence-electron chi connectivity index (χ2n) is 5.47. The van der Waals surface area contributed by atoms with Gasteiger partial charge in [0.05, 0.1) is 16.9 Å². The minimum Gasteiger partial charge on any atom is -0.367 e. The van der Waals surface area contributed by atoms with Crippen LogP contribution in [0.5, 0.6) is 0 Å². The number of anilines is 1. The van der Waals surface area contributed by atoms with E-state index < -0.39 is 36.9 Å². The molecule has 0 amide bonds. The Morgan fingerprint density at radius 1 is 1.20 bits per heavy atom. The molecule has 134 valence electrons. The maximum Gasteiger partial charge on any atom is 0.244 e. The molecule has 1 aliphatic rings. The Morgan fingerprint density at radius 3 is 2.44 bits per heavy atom. The van der Waals surface area contributed by atoms with Crippen molar-refractivity contribution in [1.29, 1.82) is 0 Å². The van der Waals surface area contributed by atoms with E-state index in [-0.39, 0.29) is 22.0 Å². The zero-order chi connectivity index (χ0) is 18.4. The molecule has 0 aromatic heterocycles. The molecule has 0 bridgehead atoms. The molecule has 2 aromatic rings. The fourth-order valence-electron chi connectivity index (χ4n) is 2.50. The Labute approximate surface area is 149 Å². The third-order valence-corrected chi connectivity index (χ3v) is 6.50. The Morgan fingerprint density at radius 2 is 1.84 bits per heavy atom. The number of hydrogen-bond donors (Lipinski definition) is 3. The quantitative estimate of drug-likeness (QED) is 0.713. The summed E-state index contributed by atoms with van der Waals surface area (Å²) in [6.45, 7) is 0. The third kappa shape index (κ3) is 3.77. The van der Waals surface area contributed by atoms with Gasteiger partial charge in [-0.1, -0.05) is 23.7 Å². The Kier molecular flexibility index (Phi) is 4.50. The van der Waals surface area contributed by atoms with Crippen LogP contribution in [0.25, 0.3) is 0 Å². The van der Waals surface area contributed by atoms with Crippen LogP contribution < -0.4 is 15.2 Å². The van der Waals surface area contributed by atoms with Gasteiger partial charge in [-0.3, -0.25) is 0 Å². The summed E-state index contributed by atoms with van der Waals surface area (Å²) >= 11 is 5.91. The van der Waals surface area contributed by atoms with Crippen molar-refractivity contribution in [3.8, 4) is 0 Å². The molecule has 1 atom stereocenters. The number of rotatable bonds is 3. The molecule has 0 saturated heterocycles. The van der Waals surface area contributed by atoms with Crippen LogP contribution in [0.1, 0.15) is 5.56 Å². The van der Waals surface area contributed by atoms with E-state index in [1.165, 1.54) is 30.3 Å². The second kappa shape index (κ2) is 6.22. The first kappa shape index (κ1) is 18.1. The van der Waals surface area contributed by atoms with Crippen molar-refractivity contribution in [3.63, 3.8) is 0 Å². The molecule has 1 aliphatic heterocycles. The number of primary sulfonamides is 1. The molecule has 1 heterocycles. The van der Waals surface area contributed by atoms with Gasteiger partial charge >= 0.3 is 0 Å². The Balaban J connectivity index is 1.98. The smallest absolute Gasteiger partial charge is 0.244 e. The van der Waals surface area contributed by atoms with E-state index in [0.717, 1.165) is 6.07 Å². The summed E-state index contributed by atoms with van der Waals surface area (Å²) in [6.07, 6.45) is -0.465. The summed E-state index contributed by atoms with van der Waals surface area (Å²) in [5, 5.41) is 7.79. The minimum atomic E-state index is -4.17. The molecular weight excluding hydrogens is 393 g/mol. The minimum absolute atomic E-state index is 0.156. The van der Waals surface area contributed by atoms with Crippen molar-refractivity contribution in [1.82, 2.24) is 4.72 Å². The van der Waals surface area contributed by atoms with Gasteiger partial charge in [-0.25, -0.2) is 26.4 Å². The van der Waals surface area contributed by atoms with E-state index in [2.05, 4.69) is 10.0 Å². The zero-order valence-corrected chi connectivity index (χ0v) is 14.9. The fraction of sp³-hybridized carbons (Fsp3) is 0.143.